The summed E-state index contributed by atoms with van der Waals surface area (Å²) in [5.41, 5.74) is 5.84. The fraction of sp³-hybridized carbons (Fsp3) is 1.00. The van der Waals surface area contributed by atoms with Crippen LogP contribution < -0.4 is 5.73 Å². The molecule has 0 fully saturated rings. The van der Waals surface area contributed by atoms with Gasteiger partial charge in [0.1, 0.15) is 0 Å². The minimum Gasteiger partial charge on any atom is -0.328 e. The Bertz CT molecular complexity index is 119. The van der Waals surface area contributed by atoms with E-state index in [2.05, 4.69) is 39.6 Å². The van der Waals surface area contributed by atoms with Gasteiger partial charge in [0.2, 0.25) is 0 Å². The summed E-state index contributed by atoms with van der Waals surface area (Å²) in [6.07, 6.45) is 2.47. The quantitative estimate of drug-likeness (QED) is 0.688. The zero-order chi connectivity index (χ0) is 10.4. The second-order valence-corrected chi connectivity index (χ2v) is 4.25. The van der Waals surface area contributed by atoms with Crippen LogP contribution in [0.15, 0.2) is 0 Å². The first kappa shape index (κ1) is 12.9. The maximum Gasteiger partial charge on any atom is 0.00870 e. The molecule has 0 aromatic rings. The van der Waals surface area contributed by atoms with E-state index in [1.165, 1.54) is 12.8 Å². The molecule has 0 rings (SSSR count). The molecule has 0 radical (unpaired) electrons. The second-order valence-electron chi connectivity index (χ2n) is 4.25. The van der Waals surface area contributed by atoms with Crippen LogP contribution in [0.5, 0.6) is 0 Å². The van der Waals surface area contributed by atoms with Gasteiger partial charge in [-0.25, -0.2) is 0 Å². The van der Waals surface area contributed by atoms with Crippen LogP contribution in [0.25, 0.3) is 0 Å². The van der Waals surface area contributed by atoms with E-state index in [9.17, 15) is 0 Å². The molecular weight excluding hydrogens is 160 g/mol. The molecule has 0 aliphatic carbocycles. The Kier molecular flexibility index (Phi) is 6.35. The van der Waals surface area contributed by atoms with Crippen molar-refractivity contribution in [2.75, 3.05) is 13.6 Å². The third-order valence-corrected chi connectivity index (χ3v) is 3.04. The molecule has 2 atom stereocenters. The Hall–Kier alpha value is -0.0800. The predicted octanol–water partition coefficient (Wildman–Crippen LogP) is 2.09. The van der Waals surface area contributed by atoms with Crippen molar-refractivity contribution in [3.8, 4) is 0 Å². The third kappa shape index (κ3) is 4.63. The van der Waals surface area contributed by atoms with Gasteiger partial charge in [-0.3, -0.25) is 0 Å². The lowest BCUT2D eigenvalue weighted by Gasteiger charge is -2.30. The molecule has 80 valence electrons. The van der Waals surface area contributed by atoms with E-state index in [-0.39, 0.29) is 0 Å². The van der Waals surface area contributed by atoms with Gasteiger partial charge in [0.25, 0.3) is 0 Å². The lowest BCUT2D eigenvalue weighted by Crippen LogP contribution is -2.39. The first-order valence-corrected chi connectivity index (χ1v) is 5.48. The van der Waals surface area contributed by atoms with Crippen LogP contribution in [-0.4, -0.2) is 30.6 Å². The average molecular weight is 186 g/mol. The van der Waals surface area contributed by atoms with Gasteiger partial charge in [0.15, 0.2) is 0 Å². The van der Waals surface area contributed by atoms with Crippen molar-refractivity contribution in [1.82, 2.24) is 4.90 Å². The van der Waals surface area contributed by atoms with E-state index >= 15 is 0 Å². The molecule has 2 heteroatoms. The molecule has 0 saturated carbocycles. The molecule has 0 aromatic heterocycles. The van der Waals surface area contributed by atoms with E-state index in [1.54, 1.807) is 0 Å². The van der Waals surface area contributed by atoms with Crippen molar-refractivity contribution < 1.29 is 0 Å². The van der Waals surface area contributed by atoms with E-state index in [1.807, 2.05) is 0 Å². The molecule has 13 heavy (non-hydrogen) atoms. The van der Waals surface area contributed by atoms with Crippen molar-refractivity contribution in [3.63, 3.8) is 0 Å². The van der Waals surface area contributed by atoms with Gasteiger partial charge in [-0.05, 0) is 32.7 Å². The highest BCUT2D eigenvalue weighted by atomic mass is 15.1. The molecule has 2 N–H and O–H groups in total. The maximum absolute atomic E-state index is 5.84. The second kappa shape index (κ2) is 6.39. The van der Waals surface area contributed by atoms with Crippen molar-refractivity contribution in [2.45, 2.75) is 52.6 Å². The summed E-state index contributed by atoms with van der Waals surface area (Å²) in [4.78, 5) is 2.44. The summed E-state index contributed by atoms with van der Waals surface area (Å²) in [5.74, 6) is 0.589. The van der Waals surface area contributed by atoms with Crippen LogP contribution in [0.3, 0.4) is 0 Å². The zero-order valence-corrected chi connectivity index (χ0v) is 9.88. The standard InChI is InChI=1S/C11H26N2/c1-6-11(7-2)13(5)8-9(3)10(4)12/h9-11H,6-8,12H2,1-5H3. The molecular formula is C11H26N2. The van der Waals surface area contributed by atoms with Gasteiger partial charge in [-0.2, -0.15) is 0 Å². The first-order chi connectivity index (χ1) is 6.02. The normalized spacial score (nSPS) is 16.6. The van der Waals surface area contributed by atoms with Crippen molar-refractivity contribution in [3.05, 3.63) is 0 Å². The van der Waals surface area contributed by atoms with Crippen LogP contribution in [0.1, 0.15) is 40.5 Å². The smallest absolute Gasteiger partial charge is 0.00870 e. The summed E-state index contributed by atoms with van der Waals surface area (Å²) in [5, 5.41) is 0. The van der Waals surface area contributed by atoms with Crippen LogP contribution >= 0.6 is 0 Å². The van der Waals surface area contributed by atoms with Crippen LogP contribution in [0.2, 0.25) is 0 Å². The van der Waals surface area contributed by atoms with Crippen LogP contribution in [0.4, 0.5) is 0 Å². The molecule has 0 amide bonds. The summed E-state index contributed by atoms with van der Waals surface area (Å²) < 4.78 is 0. The zero-order valence-electron chi connectivity index (χ0n) is 9.88. The van der Waals surface area contributed by atoms with Crippen molar-refractivity contribution in [1.29, 1.82) is 0 Å². The molecule has 2 unspecified atom stereocenters. The van der Waals surface area contributed by atoms with Gasteiger partial charge >= 0.3 is 0 Å². The number of hydrogen-bond donors (Lipinski definition) is 1. The van der Waals surface area contributed by atoms with Crippen molar-refractivity contribution >= 4 is 0 Å². The maximum atomic E-state index is 5.84. The van der Waals surface area contributed by atoms with Crippen LogP contribution in [0, 0.1) is 5.92 Å². The highest BCUT2D eigenvalue weighted by Crippen LogP contribution is 2.10. The SMILES string of the molecule is CCC(CC)N(C)CC(C)C(C)N. The largest absolute Gasteiger partial charge is 0.328 e. The number of hydrogen-bond acceptors (Lipinski definition) is 2. The Morgan fingerprint density at radius 1 is 1.15 bits per heavy atom. The van der Waals surface area contributed by atoms with E-state index < -0.39 is 0 Å². The average Bonchev–Trinajstić information content (AvgIpc) is 2.06. The minimum atomic E-state index is 0.303. The van der Waals surface area contributed by atoms with Gasteiger partial charge in [0.05, 0.1) is 0 Å². The summed E-state index contributed by atoms with van der Waals surface area (Å²) in [7, 11) is 2.20. The van der Waals surface area contributed by atoms with Gasteiger partial charge < -0.3 is 10.6 Å². The summed E-state index contributed by atoms with van der Waals surface area (Å²) in [6.45, 7) is 9.93. The lowest BCUT2D eigenvalue weighted by molar-refractivity contribution is 0.192. The highest BCUT2D eigenvalue weighted by Gasteiger charge is 2.15. The number of rotatable bonds is 6. The number of nitrogens with two attached hydrogens (primary N) is 1. The van der Waals surface area contributed by atoms with Gasteiger partial charge in [0, 0.05) is 18.6 Å². The summed E-state index contributed by atoms with van der Waals surface area (Å²) in [6, 6.07) is 1.03. The fourth-order valence-electron chi connectivity index (χ4n) is 1.68. The molecule has 2 nitrogen and oxygen atoms in total. The Morgan fingerprint density at radius 2 is 1.62 bits per heavy atom. The summed E-state index contributed by atoms with van der Waals surface area (Å²) >= 11 is 0. The molecule has 0 aromatic carbocycles. The first-order valence-electron chi connectivity index (χ1n) is 5.48. The molecule has 0 bridgehead atoms. The minimum absolute atomic E-state index is 0.303. The monoisotopic (exact) mass is 186 g/mol. The molecule has 0 spiro atoms. The fourth-order valence-corrected chi connectivity index (χ4v) is 1.68. The Labute approximate surface area is 83.5 Å². The topological polar surface area (TPSA) is 29.3 Å². The van der Waals surface area contributed by atoms with Gasteiger partial charge in [-0.15, -0.1) is 0 Å². The molecule has 0 aliphatic rings. The van der Waals surface area contributed by atoms with Gasteiger partial charge in [-0.1, -0.05) is 20.8 Å². The Balaban J connectivity index is 3.89. The molecule has 0 saturated heterocycles. The van der Waals surface area contributed by atoms with E-state index in [0.717, 1.165) is 12.6 Å². The predicted molar refractivity (Wildman–Crippen MR) is 59.8 cm³/mol. The lowest BCUT2D eigenvalue weighted by atomic mass is 10.0. The van der Waals surface area contributed by atoms with Crippen molar-refractivity contribution in [2.24, 2.45) is 11.7 Å². The van der Waals surface area contributed by atoms with E-state index in [0.29, 0.717) is 12.0 Å². The molecule has 0 aliphatic heterocycles. The Morgan fingerprint density at radius 3 is 1.92 bits per heavy atom. The third-order valence-electron chi connectivity index (χ3n) is 3.04. The van der Waals surface area contributed by atoms with Crippen LogP contribution in [-0.2, 0) is 0 Å². The van der Waals surface area contributed by atoms with E-state index in [4.69, 9.17) is 5.73 Å². The highest BCUT2D eigenvalue weighted by molar-refractivity contribution is 4.71. The number of nitrogens with zero attached hydrogens (tertiary/aromatic N) is 1. The molecule has 0 heterocycles.